The molecule has 4 aliphatic carbocycles. The molecule has 2 atom stereocenters. The van der Waals surface area contributed by atoms with Crippen LogP contribution in [0, 0.1) is 17.4 Å². The van der Waals surface area contributed by atoms with Crippen LogP contribution < -0.4 is 42.5 Å². The minimum atomic E-state index is -3.17. The summed E-state index contributed by atoms with van der Waals surface area (Å²) in [6.45, 7) is 1.50. The van der Waals surface area contributed by atoms with E-state index in [1.54, 1.807) is 0 Å². The van der Waals surface area contributed by atoms with E-state index in [1.807, 2.05) is 0 Å². The lowest BCUT2D eigenvalue weighted by molar-refractivity contribution is -0.121. The summed E-state index contributed by atoms with van der Waals surface area (Å²) in [6, 6.07) is 3.55. The molecule has 0 aliphatic heterocycles. The number of aryl methyl sites for hydroxylation is 2. The summed E-state index contributed by atoms with van der Waals surface area (Å²) >= 11 is 0. The molecule has 12 nitrogen and oxygen atoms in total. The SMILES string of the molecule is COc1cc(=O)c2c(=O)c3c(c(=O)c=2c1=O)=C(O)[C@@]1(O)c2c(cc4cc(C)oc(=O)c4c2O)CC[C@@]1(O)C=3O. The van der Waals surface area contributed by atoms with Crippen LogP contribution in [0.5, 0.6) is 11.5 Å². The number of methoxy groups -OCH3 is 1. The Balaban J connectivity index is 1.92. The predicted octanol–water partition coefficient (Wildman–Crippen LogP) is -2.23. The van der Waals surface area contributed by atoms with Crippen LogP contribution in [0.3, 0.4) is 0 Å². The number of hydrogen-bond acceptors (Lipinski definition) is 12. The number of phenolic OH excluding ortho intramolecular Hbond substituents is 1. The van der Waals surface area contributed by atoms with Crippen molar-refractivity contribution in [2.75, 3.05) is 7.11 Å². The molecule has 0 amide bonds. The molecule has 0 saturated carbocycles. The number of phenols is 1. The first-order chi connectivity index (χ1) is 18.3. The first-order valence-electron chi connectivity index (χ1n) is 11.6. The lowest BCUT2D eigenvalue weighted by atomic mass is 9.63. The zero-order valence-corrected chi connectivity index (χ0v) is 20.2. The third kappa shape index (κ3) is 2.66. The third-order valence-electron chi connectivity index (χ3n) is 7.74. The number of fused-ring (bicyclic) bond motifs is 5. The quantitative estimate of drug-likeness (QED) is 0.176. The molecule has 1 heterocycles. The Hall–Kier alpha value is -4.81. The maximum Gasteiger partial charge on any atom is 0.347 e. The van der Waals surface area contributed by atoms with Gasteiger partial charge in [-0.1, -0.05) is 6.07 Å². The van der Waals surface area contributed by atoms with E-state index < -0.39 is 99.8 Å². The molecule has 0 saturated heterocycles. The van der Waals surface area contributed by atoms with E-state index in [9.17, 15) is 49.5 Å². The molecule has 1 aromatic carbocycles. The normalized spacial score (nSPS) is 22.1. The van der Waals surface area contributed by atoms with Gasteiger partial charge in [0.05, 0.1) is 28.0 Å². The first kappa shape index (κ1) is 24.5. The predicted molar refractivity (Wildman–Crippen MR) is 133 cm³/mol. The van der Waals surface area contributed by atoms with Gasteiger partial charge in [0.15, 0.2) is 22.4 Å². The molecule has 0 radical (unpaired) electrons. The number of ether oxygens (including phenoxy) is 1. The van der Waals surface area contributed by atoms with Gasteiger partial charge in [-0.3, -0.25) is 19.2 Å². The zero-order chi connectivity index (χ0) is 28.3. The lowest BCUT2D eigenvalue weighted by Crippen LogP contribution is -2.68. The Morgan fingerprint density at radius 3 is 2.15 bits per heavy atom. The molecular formula is C27H18O12. The second kappa shape index (κ2) is 7.40. The monoisotopic (exact) mass is 534 g/mol. The summed E-state index contributed by atoms with van der Waals surface area (Å²) in [5, 5.41) is 53.4. The van der Waals surface area contributed by atoms with Gasteiger partial charge in [-0.15, -0.1) is 0 Å². The summed E-state index contributed by atoms with van der Waals surface area (Å²) in [5.41, 5.74) is -12.5. The molecule has 0 bridgehead atoms. The Morgan fingerprint density at radius 1 is 0.846 bits per heavy atom. The second-order valence-corrected chi connectivity index (χ2v) is 9.70. The second-order valence-electron chi connectivity index (χ2n) is 9.70. The van der Waals surface area contributed by atoms with Gasteiger partial charge in [-0.25, -0.2) is 4.79 Å². The number of benzene rings is 1. The topological polar surface area (TPSA) is 209 Å². The van der Waals surface area contributed by atoms with E-state index in [1.165, 1.54) is 19.1 Å². The van der Waals surface area contributed by atoms with Gasteiger partial charge < -0.3 is 34.7 Å². The molecule has 0 spiro atoms. The Labute approximate surface area is 214 Å². The van der Waals surface area contributed by atoms with Crippen LogP contribution in [0.25, 0.3) is 22.3 Å². The summed E-state index contributed by atoms with van der Waals surface area (Å²) in [6.07, 6.45) is -0.660. The van der Waals surface area contributed by atoms with E-state index in [4.69, 9.17) is 9.15 Å². The van der Waals surface area contributed by atoms with Crippen molar-refractivity contribution in [3.8, 4) is 11.5 Å². The van der Waals surface area contributed by atoms with Gasteiger partial charge in [-0.2, -0.15) is 0 Å². The van der Waals surface area contributed by atoms with Crippen molar-refractivity contribution in [1.82, 2.24) is 0 Å². The smallest absolute Gasteiger partial charge is 0.347 e. The standard InChI is InChI=1S/C27H18O12/c1-8-5-10-6-9-3-4-26(36)23(33)16-17(24(34)27(26,37)18(9)22(32)13(10)25(35)39-8)21(31)15-14(20(16)30)11(28)7-12(38-2)19(15)29/h5-7,32-34,36-37H,3-4H2,1-2H3/t26-,27+/m1/s1. The number of aliphatic hydroxyl groups is 4. The summed E-state index contributed by atoms with van der Waals surface area (Å²) < 4.78 is 9.87. The van der Waals surface area contributed by atoms with Gasteiger partial charge in [0.2, 0.25) is 16.3 Å². The minimum absolute atomic E-state index is 0.135. The number of hydrogen-bond donors (Lipinski definition) is 5. The van der Waals surface area contributed by atoms with Crippen LogP contribution in [0.1, 0.15) is 23.3 Å². The highest BCUT2D eigenvalue weighted by atomic mass is 16.5. The van der Waals surface area contributed by atoms with Gasteiger partial charge in [-0.05, 0) is 36.8 Å². The fraction of sp³-hybridized carbons (Fsp3) is 0.222. The number of rotatable bonds is 1. The van der Waals surface area contributed by atoms with Crippen molar-refractivity contribution in [3.05, 3.63) is 107 Å². The maximum absolute atomic E-state index is 13.6. The van der Waals surface area contributed by atoms with E-state index >= 15 is 0 Å². The van der Waals surface area contributed by atoms with E-state index in [-0.39, 0.29) is 23.1 Å². The third-order valence-corrected chi connectivity index (χ3v) is 7.74. The van der Waals surface area contributed by atoms with Gasteiger partial charge in [0.25, 0.3) is 0 Å². The molecule has 39 heavy (non-hydrogen) atoms. The van der Waals surface area contributed by atoms with Crippen molar-refractivity contribution in [1.29, 1.82) is 0 Å². The molecule has 12 heteroatoms. The van der Waals surface area contributed by atoms with E-state index in [2.05, 4.69) is 0 Å². The highest BCUT2D eigenvalue weighted by Crippen LogP contribution is 2.54. The Morgan fingerprint density at radius 2 is 1.49 bits per heavy atom. The van der Waals surface area contributed by atoms with Crippen LogP contribution in [-0.2, 0) is 12.0 Å². The fourth-order valence-corrected chi connectivity index (χ4v) is 5.96. The van der Waals surface area contributed by atoms with Crippen LogP contribution in [0.4, 0.5) is 0 Å². The summed E-state index contributed by atoms with van der Waals surface area (Å²) in [7, 11) is 1.05. The van der Waals surface area contributed by atoms with Crippen molar-refractivity contribution >= 4 is 22.3 Å². The van der Waals surface area contributed by atoms with Crippen LogP contribution in [-0.4, -0.2) is 38.2 Å². The molecule has 0 unspecified atom stereocenters. The molecule has 6 rings (SSSR count). The van der Waals surface area contributed by atoms with Crippen molar-refractivity contribution in [2.24, 2.45) is 0 Å². The fourth-order valence-electron chi connectivity index (χ4n) is 5.96. The summed E-state index contributed by atoms with van der Waals surface area (Å²) in [5.74, 6) is -3.87. The van der Waals surface area contributed by atoms with Crippen molar-refractivity contribution in [3.63, 3.8) is 0 Å². The summed E-state index contributed by atoms with van der Waals surface area (Å²) in [4.78, 5) is 65.2. The van der Waals surface area contributed by atoms with Gasteiger partial charge >= 0.3 is 5.63 Å². The van der Waals surface area contributed by atoms with E-state index in [0.29, 0.717) is 6.07 Å². The van der Waals surface area contributed by atoms with Crippen LogP contribution >= 0.6 is 0 Å². The van der Waals surface area contributed by atoms with Gasteiger partial charge in [0, 0.05) is 11.6 Å². The van der Waals surface area contributed by atoms with Crippen LogP contribution in [0.15, 0.2) is 46.6 Å². The highest BCUT2D eigenvalue weighted by Gasteiger charge is 2.63. The van der Waals surface area contributed by atoms with Crippen molar-refractivity contribution in [2.45, 2.75) is 31.0 Å². The first-order valence-corrected chi connectivity index (χ1v) is 11.6. The average Bonchev–Trinajstić information content (AvgIpc) is 2.87. The Bertz CT molecular complexity index is 2290. The molecule has 4 aliphatic rings. The largest absolute Gasteiger partial charge is 0.508 e. The average molecular weight is 534 g/mol. The van der Waals surface area contributed by atoms with Gasteiger partial charge in [0.1, 0.15) is 28.4 Å². The molecule has 5 N–H and O–H groups in total. The number of aromatic hydroxyl groups is 1. The Kier molecular flexibility index (Phi) is 4.65. The molecular weight excluding hydrogens is 516 g/mol. The van der Waals surface area contributed by atoms with Crippen LogP contribution in [0.2, 0.25) is 0 Å². The molecule has 0 fully saturated rings. The maximum atomic E-state index is 13.6. The zero-order valence-electron chi connectivity index (χ0n) is 20.2. The molecule has 198 valence electrons. The lowest BCUT2D eigenvalue weighted by Gasteiger charge is -2.48. The minimum Gasteiger partial charge on any atom is -0.508 e. The highest BCUT2D eigenvalue weighted by molar-refractivity contribution is 5.91. The van der Waals surface area contributed by atoms with E-state index in [0.717, 1.165) is 7.11 Å². The molecule has 1 aromatic heterocycles. The van der Waals surface area contributed by atoms with Crippen molar-refractivity contribution < 1.29 is 34.7 Å². The number of aliphatic hydroxyl groups excluding tert-OH is 2. The molecule has 2 aromatic rings.